The average molecular weight is 241 g/mol. The summed E-state index contributed by atoms with van der Waals surface area (Å²) in [5.41, 5.74) is 0.454. The second kappa shape index (κ2) is 6.75. The Morgan fingerprint density at radius 2 is 2.06 bits per heavy atom. The summed E-state index contributed by atoms with van der Waals surface area (Å²) in [6.45, 7) is 10.2. The third-order valence-corrected chi connectivity index (χ3v) is 3.96. The van der Waals surface area contributed by atoms with Gasteiger partial charge in [0, 0.05) is 12.6 Å². The van der Waals surface area contributed by atoms with Gasteiger partial charge in [0.05, 0.1) is 6.10 Å². The molecule has 2 heteroatoms. The van der Waals surface area contributed by atoms with E-state index in [0.717, 1.165) is 12.5 Å². The van der Waals surface area contributed by atoms with Crippen molar-refractivity contribution >= 4 is 0 Å². The molecular weight excluding hydrogens is 210 g/mol. The van der Waals surface area contributed by atoms with Crippen molar-refractivity contribution in [2.24, 2.45) is 11.3 Å². The lowest BCUT2D eigenvalue weighted by Crippen LogP contribution is -2.46. The van der Waals surface area contributed by atoms with Crippen molar-refractivity contribution in [3.05, 3.63) is 0 Å². The van der Waals surface area contributed by atoms with E-state index < -0.39 is 0 Å². The van der Waals surface area contributed by atoms with Crippen molar-refractivity contribution < 1.29 is 4.74 Å². The van der Waals surface area contributed by atoms with Crippen LogP contribution in [0.1, 0.15) is 59.8 Å². The quantitative estimate of drug-likeness (QED) is 0.717. The van der Waals surface area contributed by atoms with E-state index in [4.69, 9.17) is 4.74 Å². The van der Waals surface area contributed by atoms with E-state index in [-0.39, 0.29) is 0 Å². The Bertz CT molecular complexity index is 213. The zero-order valence-corrected chi connectivity index (χ0v) is 12.4. The molecule has 1 fully saturated rings. The lowest BCUT2D eigenvalue weighted by Gasteiger charge is -2.40. The molecule has 1 aliphatic rings. The Hall–Kier alpha value is -0.0800. The van der Waals surface area contributed by atoms with Crippen molar-refractivity contribution in [2.75, 3.05) is 13.7 Å². The van der Waals surface area contributed by atoms with Gasteiger partial charge in [0.1, 0.15) is 0 Å². The van der Waals surface area contributed by atoms with Gasteiger partial charge in [0.25, 0.3) is 0 Å². The fourth-order valence-electron chi connectivity index (χ4n) is 2.75. The smallest absolute Gasteiger partial charge is 0.0733 e. The summed E-state index contributed by atoms with van der Waals surface area (Å²) in [6.07, 6.45) is 6.64. The Morgan fingerprint density at radius 3 is 2.65 bits per heavy atom. The first-order valence-corrected chi connectivity index (χ1v) is 7.23. The molecule has 2 atom stereocenters. The number of likely N-dealkylation sites (N-methyl/N-ethyl adjacent to an activating group) is 1. The normalized spacial score (nSPS) is 28.6. The van der Waals surface area contributed by atoms with Crippen molar-refractivity contribution in [2.45, 2.75) is 71.9 Å². The topological polar surface area (TPSA) is 21.3 Å². The minimum Gasteiger partial charge on any atom is -0.377 e. The number of ether oxygens (including phenoxy) is 1. The highest BCUT2D eigenvalue weighted by Gasteiger charge is 2.34. The van der Waals surface area contributed by atoms with Crippen LogP contribution >= 0.6 is 0 Å². The second-order valence-electron chi connectivity index (χ2n) is 6.75. The summed E-state index contributed by atoms with van der Waals surface area (Å²) in [4.78, 5) is 0. The van der Waals surface area contributed by atoms with E-state index in [1.54, 1.807) is 0 Å². The van der Waals surface area contributed by atoms with Crippen molar-refractivity contribution in [1.29, 1.82) is 0 Å². The molecule has 0 aromatic heterocycles. The van der Waals surface area contributed by atoms with Gasteiger partial charge < -0.3 is 10.1 Å². The minimum atomic E-state index is 0.413. The van der Waals surface area contributed by atoms with Gasteiger partial charge in [-0.3, -0.25) is 0 Å². The second-order valence-corrected chi connectivity index (χ2v) is 6.75. The fraction of sp³-hybridized carbons (Fsp3) is 1.00. The summed E-state index contributed by atoms with van der Waals surface area (Å²) >= 11 is 0. The first kappa shape index (κ1) is 15.0. The van der Waals surface area contributed by atoms with Crippen LogP contribution in [0, 0.1) is 11.3 Å². The monoisotopic (exact) mass is 241 g/mol. The van der Waals surface area contributed by atoms with Gasteiger partial charge in [-0.25, -0.2) is 0 Å². The molecule has 0 aromatic rings. The Labute approximate surface area is 108 Å². The number of hydrogen-bond donors (Lipinski definition) is 1. The molecule has 0 bridgehead atoms. The molecule has 0 radical (unpaired) electrons. The van der Waals surface area contributed by atoms with Crippen LogP contribution < -0.4 is 5.32 Å². The van der Waals surface area contributed by atoms with Crippen LogP contribution in [0.4, 0.5) is 0 Å². The highest BCUT2D eigenvalue weighted by atomic mass is 16.5. The molecule has 1 aliphatic carbocycles. The van der Waals surface area contributed by atoms with Crippen LogP contribution in [0.25, 0.3) is 0 Å². The van der Waals surface area contributed by atoms with Crippen LogP contribution in [0.15, 0.2) is 0 Å². The van der Waals surface area contributed by atoms with Crippen molar-refractivity contribution in [1.82, 2.24) is 5.32 Å². The van der Waals surface area contributed by atoms with Crippen LogP contribution in [0.3, 0.4) is 0 Å². The van der Waals surface area contributed by atoms with Crippen LogP contribution in [0.5, 0.6) is 0 Å². The summed E-state index contributed by atoms with van der Waals surface area (Å²) in [5, 5.41) is 3.42. The molecule has 0 aromatic carbocycles. The first-order valence-electron chi connectivity index (χ1n) is 7.23. The van der Waals surface area contributed by atoms with Crippen molar-refractivity contribution in [3.63, 3.8) is 0 Å². The molecule has 2 unspecified atom stereocenters. The van der Waals surface area contributed by atoms with Crippen LogP contribution in [-0.4, -0.2) is 25.8 Å². The SMILES string of the molecule is CNC1CCC(C)(C)CC1OCCCC(C)C. The minimum absolute atomic E-state index is 0.413. The molecule has 0 saturated heterocycles. The van der Waals surface area contributed by atoms with Gasteiger partial charge >= 0.3 is 0 Å². The molecular formula is C15H31NO. The average Bonchev–Trinajstić information content (AvgIpc) is 2.23. The van der Waals surface area contributed by atoms with Crippen LogP contribution in [0.2, 0.25) is 0 Å². The predicted molar refractivity (Wildman–Crippen MR) is 74.3 cm³/mol. The number of nitrogens with one attached hydrogen (secondary N) is 1. The third kappa shape index (κ3) is 5.39. The molecule has 0 spiro atoms. The van der Waals surface area contributed by atoms with Gasteiger partial charge in [-0.2, -0.15) is 0 Å². The Morgan fingerprint density at radius 1 is 1.35 bits per heavy atom. The van der Waals surface area contributed by atoms with E-state index in [0.29, 0.717) is 17.6 Å². The lowest BCUT2D eigenvalue weighted by atomic mass is 9.74. The summed E-state index contributed by atoms with van der Waals surface area (Å²) in [5.74, 6) is 0.793. The maximum Gasteiger partial charge on any atom is 0.0733 e. The number of rotatable bonds is 6. The van der Waals surface area contributed by atoms with Gasteiger partial charge in [-0.05, 0) is 50.5 Å². The maximum atomic E-state index is 6.11. The lowest BCUT2D eigenvalue weighted by molar-refractivity contribution is -0.0282. The molecule has 2 nitrogen and oxygen atoms in total. The molecule has 0 heterocycles. The highest BCUT2D eigenvalue weighted by molar-refractivity contribution is 4.89. The zero-order valence-electron chi connectivity index (χ0n) is 12.4. The molecule has 1 rings (SSSR count). The molecule has 1 N–H and O–H groups in total. The standard InChI is InChI=1S/C15H31NO/c1-12(2)7-6-10-17-14-11-15(3,4)9-8-13(14)16-5/h12-14,16H,6-11H2,1-5H3. The molecule has 0 aliphatic heterocycles. The summed E-state index contributed by atoms with van der Waals surface area (Å²) in [7, 11) is 2.06. The Balaban J connectivity index is 2.32. The van der Waals surface area contributed by atoms with Crippen LogP contribution in [-0.2, 0) is 4.74 Å². The molecule has 17 heavy (non-hydrogen) atoms. The van der Waals surface area contributed by atoms with E-state index in [2.05, 4.69) is 40.1 Å². The Kier molecular flexibility index (Phi) is 5.94. The van der Waals surface area contributed by atoms with E-state index in [1.807, 2.05) is 0 Å². The first-order chi connectivity index (χ1) is 7.94. The summed E-state index contributed by atoms with van der Waals surface area (Å²) < 4.78 is 6.11. The molecule has 1 saturated carbocycles. The zero-order chi connectivity index (χ0) is 12.9. The van der Waals surface area contributed by atoms with E-state index >= 15 is 0 Å². The number of hydrogen-bond acceptors (Lipinski definition) is 2. The van der Waals surface area contributed by atoms with Gasteiger partial charge in [0.2, 0.25) is 0 Å². The third-order valence-electron chi connectivity index (χ3n) is 3.96. The maximum absolute atomic E-state index is 6.11. The van der Waals surface area contributed by atoms with E-state index in [1.165, 1.54) is 32.1 Å². The predicted octanol–water partition coefficient (Wildman–Crippen LogP) is 3.61. The molecule has 0 amide bonds. The van der Waals surface area contributed by atoms with Gasteiger partial charge in [0.15, 0.2) is 0 Å². The molecule has 102 valence electrons. The largest absolute Gasteiger partial charge is 0.377 e. The van der Waals surface area contributed by atoms with Gasteiger partial charge in [-0.1, -0.05) is 27.7 Å². The van der Waals surface area contributed by atoms with Crippen molar-refractivity contribution in [3.8, 4) is 0 Å². The summed E-state index contributed by atoms with van der Waals surface area (Å²) in [6, 6.07) is 0.557. The highest BCUT2D eigenvalue weighted by Crippen LogP contribution is 2.36. The van der Waals surface area contributed by atoms with E-state index in [9.17, 15) is 0 Å². The fourth-order valence-corrected chi connectivity index (χ4v) is 2.75. The van der Waals surface area contributed by atoms with Gasteiger partial charge in [-0.15, -0.1) is 0 Å².